The van der Waals surface area contributed by atoms with Crippen LogP contribution in [0.25, 0.3) is 6.08 Å². The van der Waals surface area contributed by atoms with Crippen molar-refractivity contribution in [2.24, 2.45) is 0 Å². The zero-order valence-corrected chi connectivity index (χ0v) is 21.2. The predicted molar refractivity (Wildman–Crippen MR) is 138 cm³/mol. The van der Waals surface area contributed by atoms with E-state index in [2.05, 4.69) is 21.2 Å². The number of rotatable bonds is 8. The molecule has 1 saturated heterocycles. The summed E-state index contributed by atoms with van der Waals surface area (Å²) in [5.41, 5.74) is 1.51. The van der Waals surface area contributed by atoms with Crippen LogP contribution >= 0.6 is 15.9 Å². The Bertz CT molecular complexity index is 1400. The quantitative estimate of drug-likeness (QED) is 0.298. The number of para-hydroxylation sites is 1. The van der Waals surface area contributed by atoms with Gasteiger partial charge in [-0.2, -0.15) is 0 Å². The van der Waals surface area contributed by atoms with Crippen molar-refractivity contribution >= 4 is 51.5 Å². The summed E-state index contributed by atoms with van der Waals surface area (Å²) in [6.07, 6.45) is 1.38. The molecule has 0 radical (unpaired) electrons. The second-order valence-electron chi connectivity index (χ2n) is 7.85. The van der Waals surface area contributed by atoms with E-state index in [0.717, 1.165) is 10.5 Å². The van der Waals surface area contributed by atoms with Crippen LogP contribution in [0, 0.1) is 0 Å². The molecule has 3 aromatic rings. The normalized spacial score (nSPS) is 14.5. The van der Waals surface area contributed by atoms with Crippen LogP contribution in [-0.4, -0.2) is 35.5 Å². The van der Waals surface area contributed by atoms with Crippen molar-refractivity contribution in [3.05, 3.63) is 93.5 Å². The fraction of sp³-hybridized carbons (Fsp3) is 0.111. The van der Waals surface area contributed by atoms with Crippen molar-refractivity contribution in [2.75, 3.05) is 11.5 Å². The molecule has 0 aliphatic carbocycles. The first-order valence-corrected chi connectivity index (χ1v) is 12.0. The molecule has 0 bridgehead atoms. The molecule has 1 aliphatic rings. The van der Waals surface area contributed by atoms with E-state index < -0.39 is 23.8 Å². The Hall–Kier alpha value is -4.44. The van der Waals surface area contributed by atoms with E-state index in [1.165, 1.54) is 18.2 Å². The molecule has 1 aliphatic heterocycles. The molecule has 0 aromatic heterocycles. The Labute approximate surface area is 220 Å². The van der Waals surface area contributed by atoms with Crippen molar-refractivity contribution in [2.45, 2.75) is 13.5 Å². The molecule has 4 rings (SSSR count). The molecule has 4 amide bonds. The van der Waals surface area contributed by atoms with E-state index in [-0.39, 0.29) is 17.7 Å². The lowest BCUT2D eigenvalue weighted by molar-refractivity contribution is -0.122. The van der Waals surface area contributed by atoms with Gasteiger partial charge in [0.15, 0.2) is 11.5 Å². The van der Waals surface area contributed by atoms with Gasteiger partial charge in [-0.05, 0) is 76.5 Å². The molecule has 188 valence electrons. The number of halogens is 1. The number of amides is 4. The van der Waals surface area contributed by atoms with E-state index in [0.29, 0.717) is 33.8 Å². The number of benzene rings is 3. The van der Waals surface area contributed by atoms with Gasteiger partial charge >= 0.3 is 12.0 Å². The van der Waals surface area contributed by atoms with Gasteiger partial charge < -0.3 is 14.6 Å². The lowest BCUT2D eigenvalue weighted by atomic mass is 10.1. The average Bonchev–Trinajstić information content (AvgIpc) is 2.87. The second-order valence-corrected chi connectivity index (χ2v) is 8.70. The number of imide groups is 2. The Kier molecular flexibility index (Phi) is 7.69. The fourth-order valence-corrected chi connectivity index (χ4v) is 4.18. The summed E-state index contributed by atoms with van der Waals surface area (Å²) in [6.45, 7) is 2.27. The summed E-state index contributed by atoms with van der Waals surface area (Å²) >= 11 is 3.46. The van der Waals surface area contributed by atoms with Gasteiger partial charge in [0.05, 0.1) is 22.3 Å². The second kappa shape index (κ2) is 11.1. The number of urea groups is 1. The first kappa shape index (κ1) is 25.6. The van der Waals surface area contributed by atoms with Gasteiger partial charge in [0, 0.05) is 0 Å². The van der Waals surface area contributed by atoms with Gasteiger partial charge in [-0.3, -0.25) is 14.9 Å². The van der Waals surface area contributed by atoms with Crippen LogP contribution in [0.3, 0.4) is 0 Å². The third kappa shape index (κ3) is 5.70. The highest BCUT2D eigenvalue weighted by Crippen LogP contribution is 2.38. The van der Waals surface area contributed by atoms with Gasteiger partial charge in [0.1, 0.15) is 12.2 Å². The minimum atomic E-state index is -1.01. The van der Waals surface area contributed by atoms with E-state index in [1.807, 2.05) is 0 Å². The van der Waals surface area contributed by atoms with Crippen LogP contribution < -0.4 is 19.7 Å². The van der Waals surface area contributed by atoms with E-state index in [9.17, 15) is 19.2 Å². The third-order valence-corrected chi connectivity index (χ3v) is 5.93. The van der Waals surface area contributed by atoms with Crippen LogP contribution in [0.5, 0.6) is 11.5 Å². The average molecular weight is 565 g/mol. The van der Waals surface area contributed by atoms with E-state index in [1.54, 1.807) is 61.5 Å². The number of carboxylic acids is 1. The molecule has 10 heteroatoms. The number of carboxylic acid groups (broad SMARTS) is 1. The summed E-state index contributed by atoms with van der Waals surface area (Å²) in [5, 5.41) is 11.3. The number of carbonyl (C=O) groups is 4. The molecule has 0 spiro atoms. The summed E-state index contributed by atoms with van der Waals surface area (Å²) in [4.78, 5) is 50.0. The number of nitrogens with one attached hydrogen (secondary N) is 1. The highest BCUT2D eigenvalue weighted by atomic mass is 79.9. The lowest BCUT2D eigenvalue weighted by Gasteiger charge is -2.26. The maximum absolute atomic E-state index is 13.1. The highest BCUT2D eigenvalue weighted by molar-refractivity contribution is 9.10. The van der Waals surface area contributed by atoms with E-state index in [4.69, 9.17) is 14.6 Å². The first-order chi connectivity index (χ1) is 17.8. The maximum Gasteiger partial charge on any atom is 0.335 e. The van der Waals surface area contributed by atoms with Crippen molar-refractivity contribution in [3.8, 4) is 11.5 Å². The van der Waals surface area contributed by atoms with Crippen LogP contribution in [0.2, 0.25) is 0 Å². The molecule has 0 atom stereocenters. The number of hydrogen-bond acceptors (Lipinski definition) is 6. The number of ether oxygens (including phenoxy) is 2. The third-order valence-electron chi connectivity index (χ3n) is 5.34. The summed E-state index contributed by atoms with van der Waals surface area (Å²) in [5.74, 6) is -1.81. The molecule has 9 nitrogen and oxygen atoms in total. The van der Waals surface area contributed by atoms with Gasteiger partial charge in [-0.1, -0.05) is 30.3 Å². The Balaban J connectivity index is 1.62. The molecule has 0 unspecified atom stereocenters. The number of hydrogen-bond donors (Lipinski definition) is 2. The van der Waals surface area contributed by atoms with Crippen molar-refractivity contribution in [3.63, 3.8) is 0 Å². The number of barbiturate groups is 1. The van der Waals surface area contributed by atoms with Crippen LogP contribution in [0.1, 0.15) is 28.4 Å². The maximum atomic E-state index is 13.1. The molecular weight excluding hydrogens is 544 g/mol. The zero-order chi connectivity index (χ0) is 26.5. The van der Waals surface area contributed by atoms with Gasteiger partial charge in [0.25, 0.3) is 11.8 Å². The predicted octanol–water partition coefficient (Wildman–Crippen LogP) is 4.79. The summed E-state index contributed by atoms with van der Waals surface area (Å²) in [6, 6.07) is 17.0. The molecule has 1 fully saturated rings. The minimum absolute atomic E-state index is 0.147. The van der Waals surface area contributed by atoms with Gasteiger partial charge in [0.2, 0.25) is 0 Å². The van der Waals surface area contributed by atoms with Crippen LogP contribution in [0.4, 0.5) is 10.5 Å². The Morgan fingerprint density at radius 2 is 1.73 bits per heavy atom. The number of carbonyl (C=O) groups excluding carboxylic acids is 3. The van der Waals surface area contributed by atoms with Crippen molar-refractivity contribution in [1.82, 2.24) is 5.32 Å². The molecule has 0 saturated carbocycles. The highest BCUT2D eigenvalue weighted by Gasteiger charge is 2.36. The Morgan fingerprint density at radius 1 is 1.03 bits per heavy atom. The van der Waals surface area contributed by atoms with Crippen molar-refractivity contribution in [1.29, 1.82) is 0 Å². The number of anilines is 1. The number of aromatic carboxylic acids is 1. The smallest absolute Gasteiger partial charge is 0.335 e. The SMILES string of the molecule is CCOc1cc(/C=C2\C(=O)NC(=O)N(c3ccccc3)C2=O)cc(Br)c1OCc1ccc(C(=O)O)cc1. The van der Waals surface area contributed by atoms with Crippen LogP contribution in [0.15, 0.2) is 76.8 Å². The molecule has 1 heterocycles. The molecule has 3 aromatic carbocycles. The topological polar surface area (TPSA) is 122 Å². The van der Waals surface area contributed by atoms with Crippen LogP contribution in [-0.2, 0) is 16.2 Å². The van der Waals surface area contributed by atoms with Gasteiger partial charge in [-0.25, -0.2) is 14.5 Å². The largest absolute Gasteiger partial charge is 0.490 e. The molecule has 2 N–H and O–H groups in total. The fourth-order valence-electron chi connectivity index (χ4n) is 3.61. The van der Waals surface area contributed by atoms with E-state index >= 15 is 0 Å². The minimum Gasteiger partial charge on any atom is -0.490 e. The lowest BCUT2D eigenvalue weighted by Crippen LogP contribution is -2.54. The number of nitrogens with zero attached hydrogens (tertiary/aromatic N) is 1. The monoisotopic (exact) mass is 564 g/mol. The molecular formula is C27H21BrN2O7. The summed E-state index contributed by atoms with van der Waals surface area (Å²) in [7, 11) is 0. The van der Waals surface area contributed by atoms with Gasteiger partial charge in [-0.15, -0.1) is 0 Å². The zero-order valence-electron chi connectivity index (χ0n) is 19.6. The summed E-state index contributed by atoms with van der Waals surface area (Å²) < 4.78 is 12.2. The Morgan fingerprint density at radius 3 is 2.38 bits per heavy atom. The standard InChI is InChI=1S/C27H21BrN2O7/c1-2-36-22-14-17(13-21(28)23(22)37-15-16-8-10-18(11-9-16)26(33)34)12-20-24(31)29-27(35)30(25(20)32)19-6-4-3-5-7-19/h3-14H,2,15H2,1H3,(H,33,34)(H,29,31,35)/b20-12+. The first-order valence-electron chi connectivity index (χ1n) is 11.2. The molecule has 37 heavy (non-hydrogen) atoms. The van der Waals surface area contributed by atoms with Crippen molar-refractivity contribution < 1.29 is 33.8 Å².